The molecule has 0 aliphatic carbocycles. The van der Waals surface area contributed by atoms with Crippen LogP contribution in [0.2, 0.25) is 0 Å². The van der Waals surface area contributed by atoms with Gasteiger partial charge in [0.1, 0.15) is 0 Å². The van der Waals surface area contributed by atoms with Gasteiger partial charge in [-0.05, 0) is 31.4 Å². The number of β-amino-alcohol motifs (C(OH)–C–C–N with tert-alkyl or cyclic N) is 1. The number of carbonyl (C=O) groups excluding carboxylic acids is 2. The third-order valence-corrected chi connectivity index (χ3v) is 3.74. The Kier molecular flexibility index (Phi) is 4.00. The fourth-order valence-corrected chi connectivity index (χ4v) is 2.26. The Labute approximate surface area is 113 Å². The first-order valence-electron chi connectivity index (χ1n) is 6.57. The first-order valence-corrected chi connectivity index (χ1v) is 6.57. The Morgan fingerprint density at radius 1 is 1.21 bits per heavy atom. The van der Waals surface area contributed by atoms with Crippen molar-refractivity contribution >= 4 is 11.7 Å². The zero-order valence-electron chi connectivity index (χ0n) is 11.3. The summed E-state index contributed by atoms with van der Waals surface area (Å²) >= 11 is 0. The summed E-state index contributed by atoms with van der Waals surface area (Å²) in [7, 11) is 0. The van der Waals surface area contributed by atoms with Crippen LogP contribution in [-0.4, -0.2) is 40.9 Å². The molecule has 0 radical (unpaired) electrons. The van der Waals surface area contributed by atoms with E-state index in [1.165, 1.54) is 6.92 Å². The van der Waals surface area contributed by atoms with Crippen LogP contribution in [0.4, 0.5) is 0 Å². The topological polar surface area (TPSA) is 57.6 Å². The van der Waals surface area contributed by atoms with Crippen molar-refractivity contribution in [3.05, 3.63) is 35.4 Å². The van der Waals surface area contributed by atoms with Crippen molar-refractivity contribution in [2.75, 3.05) is 13.1 Å². The maximum absolute atomic E-state index is 12.3. The van der Waals surface area contributed by atoms with E-state index in [1.807, 2.05) is 6.92 Å². The summed E-state index contributed by atoms with van der Waals surface area (Å²) in [6.07, 6.45) is 0.368. The molecular formula is C15H19NO3. The highest BCUT2D eigenvalue weighted by Gasteiger charge is 2.27. The highest BCUT2D eigenvalue weighted by molar-refractivity contribution is 5.97. The van der Waals surface area contributed by atoms with Gasteiger partial charge in [-0.3, -0.25) is 9.59 Å². The Bertz CT molecular complexity index is 481. The minimum absolute atomic E-state index is 0.0128. The maximum Gasteiger partial charge on any atom is 0.253 e. The van der Waals surface area contributed by atoms with Crippen molar-refractivity contribution in [3.63, 3.8) is 0 Å². The van der Waals surface area contributed by atoms with Crippen LogP contribution in [0, 0.1) is 5.92 Å². The van der Waals surface area contributed by atoms with E-state index < -0.39 is 6.10 Å². The van der Waals surface area contributed by atoms with Crippen LogP contribution in [0.5, 0.6) is 0 Å². The second-order valence-corrected chi connectivity index (χ2v) is 5.22. The summed E-state index contributed by atoms with van der Waals surface area (Å²) in [5, 5.41) is 9.82. The van der Waals surface area contributed by atoms with Gasteiger partial charge < -0.3 is 10.0 Å². The van der Waals surface area contributed by atoms with Crippen molar-refractivity contribution in [3.8, 4) is 0 Å². The largest absolute Gasteiger partial charge is 0.391 e. The SMILES string of the molecule is CC(=O)c1ccc(C(=O)N2CCC(C)C(O)C2)cc1. The number of likely N-dealkylation sites (tertiary alicyclic amines) is 1. The molecule has 1 N–H and O–H groups in total. The molecule has 1 amide bonds. The van der Waals surface area contributed by atoms with Crippen LogP contribution in [0.15, 0.2) is 24.3 Å². The molecule has 2 atom stereocenters. The summed E-state index contributed by atoms with van der Waals surface area (Å²) in [5.41, 5.74) is 1.16. The lowest BCUT2D eigenvalue weighted by atomic mass is 9.95. The number of rotatable bonds is 2. The molecule has 0 saturated carbocycles. The van der Waals surface area contributed by atoms with Crippen LogP contribution < -0.4 is 0 Å². The fraction of sp³-hybridized carbons (Fsp3) is 0.467. The third kappa shape index (κ3) is 3.01. The summed E-state index contributed by atoms with van der Waals surface area (Å²) in [6.45, 7) is 4.55. The number of aliphatic hydroxyl groups is 1. The zero-order valence-corrected chi connectivity index (χ0v) is 11.3. The molecule has 1 saturated heterocycles. The minimum atomic E-state index is -0.450. The average Bonchev–Trinajstić information content (AvgIpc) is 2.41. The minimum Gasteiger partial charge on any atom is -0.391 e. The molecule has 1 aromatic carbocycles. The number of aliphatic hydroxyl groups excluding tert-OH is 1. The Balaban J connectivity index is 2.09. The van der Waals surface area contributed by atoms with Gasteiger partial charge in [-0.1, -0.05) is 19.1 Å². The van der Waals surface area contributed by atoms with Crippen LogP contribution >= 0.6 is 0 Å². The van der Waals surface area contributed by atoms with E-state index in [1.54, 1.807) is 29.2 Å². The van der Waals surface area contributed by atoms with Gasteiger partial charge in [-0.2, -0.15) is 0 Å². The fourth-order valence-electron chi connectivity index (χ4n) is 2.26. The standard InChI is InChI=1S/C15H19NO3/c1-10-7-8-16(9-14(10)18)15(19)13-5-3-12(4-6-13)11(2)17/h3-6,10,14,18H,7-9H2,1-2H3. The van der Waals surface area contributed by atoms with E-state index in [-0.39, 0.29) is 17.6 Å². The quantitative estimate of drug-likeness (QED) is 0.825. The van der Waals surface area contributed by atoms with E-state index in [0.29, 0.717) is 24.2 Å². The number of carbonyl (C=O) groups is 2. The Morgan fingerprint density at radius 3 is 2.32 bits per heavy atom. The van der Waals surface area contributed by atoms with Gasteiger partial charge in [-0.15, -0.1) is 0 Å². The van der Waals surface area contributed by atoms with Gasteiger partial charge in [0, 0.05) is 24.2 Å². The molecule has 102 valence electrons. The van der Waals surface area contributed by atoms with Gasteiger partial charge in [0.15, 0.2) is 5.78 Å². The van der Waals surface area contributed by atoms with Gasteiger partial charge in [0.25, 0.3) is 5.91 Å². The van der Waals surface area contributed by atoms with E-state index >= 15 is 0 Å². The molecule has 1 heterocycles. The smallest absolute Gasteiger partial charge is 0.253 e. The molecule has 0 aromatic heterocycles. The van der Waals surface area contributed by atoms with E-state index in [9.17, 15) is 14.7 Å². The predicted molar refractivity (Wildman–Crippen MR) is 72.1 cm³/mol. The highest BCUT2D eigenvalue weighted by Crippen LogP contribution is 2.19. The van der Waals surface area contributed by atoms with E-state index in [2.05, 4.69) is 0 Å². The predicted octanol–water partition coefficient (Wildman–Crippen LogP) is 1.73. The van der Waals surface area contributed by atoms with Gasteiger partial charge in [0.05, 0.1) is 6.10 Å². The molecule has 4 heteroatoms. The van der Waals surface area contributed by atoms with Gasteiger partial charge in [-0.25, -0.2) is 0 Å². The first-order chi connectivity index (χ1) is 8.99. The zero-order chi connectivity index (χ0) is 14.0. The molecule has 1 aromatic rings. The summed E-state index contributed by atoms with van der Waals surface area (Å²) in [4.78, 5) is 25.1. The second-order valence-electron chi connectivity index (χ2n) is 5.22. The molecule has 0 bridgehead atoms. The Morgan fingerprint density at radius 2 is 1.79 bits per heavy atom. The number of hydrogen-bond donors (Lipinski definition) is 1. The molecule has 2 unspecified atom stereocenters. The van der Waals surface area contributed by atoms with Crippen LogP contribution in [-0.2, 0) is 0 Å². The number of piperidine rings is 1. The molecule has 1 fully saturated rings. The molecule has 0 spiro atoms. The van der Waals surface area contributed by atoms with Crippen molar-refractivity contribution in [2.24, 2.45) is 5.92 Å². The van der Waals surface area contributed by atoms with Crippen molar-refractivity contribution in [1.82, 2.24) is 4.90 Å². The highest BCUT2D eigenvalue weighted by atomic mass is 16.3. The third-order valence-electron chi connectivity index (χ3n) is 3.74. The number of amides is 1. The van der Waals surface area contributed by atoms with Crippen molar-refractivity contribution in [1.29, 1.82) is 0 Å². The van der Waals surface area contributed by atoms with Gasteiger partial charge in [0.2, 0.25) is 0 Å². The lowest BCUT2D eigenvalue weighted by Crippen LogP contribution is -2.45. The Hall–Kier alpha value is -1.68. The molecule has 1 aliphatic rings. The maximum atomic E-state index is 12.3. The number of Topliss-reactive ketones (excluding diaryl/α,β-unsaturated/α-hetero) is 1. The van der Waals surface area contributed by atoms with E-state index in [0.717, 1.165) is 6.42 Å². The number of benzene rings is 1. The second kappa shape index (κ2) is 5.53. The molecule has 1 aliphatic heterocycles. The monoisotopic (exact) mass is 261 g/mol. The normalized spacial score (nSPS) is 23.2. The lowest BCUT2D eigenvalue weighted by Gasteiger charge is -2.34. The molecular weight excluding hydrogens is 242 g/mol. The lowest BCUT2D eigenvalue weighted by molar-refractivity contribution is 0.0248. The average molecular weight is 261 g/mol. The molecule has 4 nitrogen and oxygen atoms in total. The summed E-state index contributed by atoms with van der Waals surface area (Å²) in [5.74, 6) is 0.145. The van der Waals surface area contributed by atoms with Crippen molar-refractivity contribution in [2.45, 2.75) is 26.4 Å². The summed E-state index contributed by atoms with van der Waals surface area (Å²) < 4.78 is 0. The number of ketones is 1. The summed E-state index contributed by atoms with van der Waals surface area (Å²) in [6, 6.07) is 6.67. The first kappa shape index (κ1) is 13.7. The van der Waals surface area contributed by atoms with Crippen LogP contribution in [0.25, 0.3) is 0 Å². The molecule has 19 heavy (non-hydrogen) atoms. The number of hydrogen-bond acceptors (Lipinski definition) is 3. The van der Waals surface area contributed by atoms with Gasteiger partial charge >= 0.3 is 0 Å². The van der Waals surface area contributed by atoms with Crippen molar-refractivity contribution < 1.29 is 14.7 Å². The van der Waals surface area contributed by atoms with E-state index in [4.69, 9.17) is 0 Å². The van der Waals surface area contributed by atoms with Crippen LogP contribution in [0.3, 0.4) is 0 Å². The van der Waals surface area contributed by atoms with Crippen LogP contribution in [0.1, 0.15) is 41.0 Å². The molecule has 2 rings (SSSR count). The number of nitrogens with zero attached hydrogens (tertiary/aromatic N) is 1.